The molecule has 0 saturated heterocycles. The summed E-state index contributed by atoms with van der Waals surface area (Å²) in [5.74, 6) is 1.74. The molecule has 1 amide bonds. The summed E-state index contributed by atoms with van der Waals surface area (Å²) in [4.78, 5) is 11.8. The summed E-state index contributed by atoms with van der Waals surface area (Å²) in [6, 6.07) is 8.74. The Hall–Kier alpha value is -2.27. The van der Waals surface area contributed by atoms with E-state index in [4.69, 9.17) is 20.8 Å². The van der Waals surface area contributed by atoms with Crippen molar-refractivity contribution in [2.75, 3.05) is 7.11 Å². The van der Waals surface area contributed by atoms with Crippen molar-refractivity contribution in [2.24, 2.45) is 5.10 Å². The van der Waals surface area contributed by atoms with Gasteiger partial charge in [0.2, 0.25) is 5.91 Å². The summed E-state index contributed by atoms with van der Waals surface area (Å²) >= 11 is 6.04. The van der Waals surface area contributed by atoms with Gasteiger partial charge < -0.3 is 9.15 Å². The molecule has 0 unspecified atom stereocenters. The first-order valence-electron chi connectivity index (χ1n) is 6.29. The van der Waals surface area contributed by atoms with Gasteiger partial charge in [-0.2, -0.15) is 5.10 Å². The molecule has 110 valence electrons. The third-order valence-corrected chi connectivity index (χ3v) is 3.11. The summed E-state index contributed by atoms with van der Waals surface area (Å²) in [6.45, 7) is 1.83. The molecule has 0 aliphatic heterocycles. The van der Waals surface area contributed by atoms with Gasteiger partial charge in [0.1, 0.15) is 17.3 Å². The number of rotatable bonds is 5. The number of methoxy groups -OCH3 is 1. The Morgan fingerprint density at radius 3 is 2.90 bits per heavy atom. The molecule has 5 nitrogen and oxygen atoms in total. The van der Waals surface area contributed by atoms with Crippen molar-refractivity contribution in [1.29, 1.82) is 0 Å². The second-order valence-electron chi connectivity index (χ2n) is 4.38. The number of benzene rings is 1. The van der Waals surface area contributed by atoms with Crippen LogP contribution in [0.15, 0.2) is 39.9 Å². The van der Waals surface area contributed by atoms with E-state index in [2.05, 4.69) is 10.5 Å². The first kappa shape index (κ1) is 15.1. The highest BCUT2D eigenvalue weighted by molar-refractivity contribution is 6.31. The third kappa shape index (κ3) is 4.36. The summed E-state index contributed by atoms with van der Waals surface area (Å²) < 4.78 is 10.4. The zero-order valence-electron chi connectivity index (χ0n) is 11.7. The molecule has 1 aromatic heterocycles. The largest absolute Gasteiger partial charge is 0.497 e. The van der Waals surface area contributed by atoms with Gasteiger partial charge in [-0.05, 0) is 42.8 Å². The van der Waals surface area contributed by atoms with E-state index < -0.39 is 0 Å². The number of nitrogens with one attached hydrogen (secondary N) is 1. The summed E-state index contributed by atoms with van der Waals surface area (Å²) in [5, 5.41) is 4.34. The Bertz CT molecular complexity index is 665. The molecular formula is C15H15ClN2O3. The molecule has 1 aromatic carbocycles. The molecule has 1 heterocycles. The highest BCUT2D eigenvalue weighted by atomic mass is 35.5. The predicted octanol–water partition coefficient (Wildman–Crippen LogP) is 2.94. The average Bonchev–Trinajstić information content (AvgIpc) is 2.87. The molecule has 1 N–H and O–H groups in total. The van der Waals surface area contributed by atoms with E-state index in [1.165, 1.54) is 6.21 Å². The van der Waals surface area contributed by atoms with Crippen molar-refractivity contribution in [3.05, 3.63) is 52.4 Å². The Morgan fingerprint density at radius 1 is 1.43 bits per heavy atom. The van der Waals surface area contributed by atoms with Crippen molar-refractivity contribution in [3.63, 3.8) is 0 Å². The van der Waals surface area contributed by atoms with Crippen molar-refractivity contribution in [1.82, 2.24) is 5.43 Å². The van der Waals surface area contributed by atoms with Crippen molar-refractivity contribution >= 4 is 23.7 Å². The van der Waals surface area contributed by atoms with E-state index in [-0.39, 0.29) is 12.3 Å². The minimum atomic E-state index is -0.273. The number of ether oxygens (including phenoxy) is 1. The van der Waals surface area contributed by atoms with E-state index in [0.717, 1.165) is 5.76 Å². The molecule has 21 heavy (non-hydrogen) atoms. The van der Waals surface area contributed by atoms with Gasteiger partial charge in [-0.1, -0.05) is 11.6 Å². The lowest BCUT2D eigenvalue weighted by atomic mass is 10.1. The molecule has 2 rings (SSSR count). The van der Waals surface area contributed by atoms with Gasteiger partial charge in [-0.15, -0.1) is 0 Å². The number of furan rings is 1. The highest BCUT2D eigenvalue weighted by Gasteiger charge is 2.08. The normalized spacial score (nSPS) is 10.8. The Morgan fingerprint density at radius 2 is 2.24 bits per heavy atom. The zero-order valence-corrected chi connectivity index (χ0v) is 12.5. The van der Waals surface area contributed by atoms with Crippen LogP contribution in [0, 0.1) is 6.92 Å². The SMILES string of the molecule is COc1ccc(Cl)c(CC(=O)N/N=C/c2ccc(C)o2)c1. The van der Waals surface area contributed by atoms with Crippen LogP contribution in [0.5, 0.6) is 5.75 Å². The second-order valence-corrected chi connectivity index (χ2v) is 4.78. The maximum atomic E-state index is 11.8. The fourth-order valence-corrected chi connectivity index (χ4v) is 1.90. The van der Waals surface area contributed by atoms with E-state index >= 15 is 0 Å². The van der Waals surface area contributed by atoms with Gasteiger partial charge in [-0.25, -0.2) is 5.43 Å². The molecule has 0 spiro atoms. The number of hydrazone groups is 1. The predicted molar refractivity (Wildman–Crippen MR) is 80.9 cm³/mol. The van der Waals surface area contributed by atoms with E-state index in [9.17, 15) is 4.79 Å². The lowest BCUT2D eigenvalue weighted by Gasteiger charge is -2.06. The molecule has 0 aliphatic carbocycles. The first-order chi connectivity index (χ1) is 10.1. The maximum absolute atomic E-state index is 11.8. The Balaban J connectivity index is 1.94. The highest BCUT2D eigenvalue weighted by Crippen LogP contribution is 2.22. The number of nitrogens with zero attached hydrogens (tertiary/aromatic N) is 1. The molecule has 0 bridgehead atoms. The number of carbonyl (C=O) groups is 1. The van der Waals surface area contributed by atoms with Gasteiger partial charge >= 0.3 is 0 Å². The van der Waals surface area contributed by atoms with Gasteiger partial charge in [-0.3, -0.25) is 4.79 Å². The smallest absolute Gasteiger partial charge is 0.244 e. The summed E-state index contributed by atoms with van der Waals surface area (Å²) in [7, 11) is 1.56. The fraction of sp³-hybridized carbons (Fsp3) is 0.200. The molecule has 0 fully saturated rings. The van der Waals surface area contributed by atoms with Crippen LogP contribution in [0.1, 0.15) is 17.1 Å². The van der Waals surface area contributed by atoms with E-state index in [0.29, 0.717) is 22.1 Å². The molecule has 0 atom stereocenters. The van der Waals surface area contributed by atoms with Crippen molar-refractivity contribution in [3.8, 4) is 5.75 Å². The van der Waals surface area contributed by atoms with Crippen molar-refractivity contribution < 1.29 is 13.9 Å². The minimum Gasteiger partial charge on any atom is -0.497 e. The Labute approximate surface area is 127 Å². The van der Waals surface area contributed by atoms with Gasteiger partial charge in [0.25, 0.3) is 0 Å². The molecule has 0 saturated carbocycles. The summed E-state index contributed by atoms with van der Waals surface area (Å²) in [5.41, 5.74) is 3.10. The first-order valence-corrected chi connectivity index (χ1v) is 6.67. The lowest BCUT2D eigenvalue weighted by Crippen LogP contribution is -2.19. The number of amides is 1. The van der Waals surface area contributed by atoms with Crippen molar-refractivity contribution in [2.45, 2.75) is 13.3 Å². The standard InChI is InChI=1S/C15H15ClN2O3/c1-10-3-4-13(21-10)9-17-18-15(19)8-11-7-12(20-2)5-6-14(11)16/h3-7,9H,8H2,1-2H3,(H,18,19)/b17-9+. The van der Waals surface area contributed by atoms with Crippen LogP contribution in [0.3, 0.4) is 0 Å². The van der Waals surface area contributed by atoms with Crippen LogP contribution in [0.2, 0.25) is 5.02 Å². The minimum absolute atomic E-state index is 0.116. The van der Waals surface area contributed by atoms with Crippen LogP contribution in [0.4, 0.5) is 0 Å². The van der Waals surface area contributed by atoms with E-state index in [1.807, 2.05) is 13.0 Å². The lowest BCUT2D eigenvalue weighted by molar-refractivity contribution is -0.120. The fourth-order valence-electron chi connectivity index (χ4n) is 1.72. The molecule has 0 radical (unpaired) electrons. The molecular weight excluding hydrogens is 292 g/mol. The Kier molecular flexibility index (Phi) is 5.00. The van der Waals surface area contributed by atoms with E-state index in [1.54, 1.807) is 31.4 Å². The molecule has 0 aliphatic rings. The third-order valence-electron chi connectivity index (χ3n) is 2.75. The van der Waals surface area contributed by atoms with Gasteiger partial charge in [0, 0.05) is 5.02 Å². The zero-order chi connectivity index (χ0) is 15.2. The number of halogens is 1. The molecule has 2 aromatic rings. The number of hydrogen-bond donors (Lipinski definition) is 1. The van der Waals surface area contributed by atoms with Crippen LogP contribution in [0.25, 0.3) is 0 Å². The topological polar surface area (TPSA) is 63.8 Å². The van der Waals surface area contributed by atoms with Crippen LogP contribution < -0.4 is 10.2 Å². The average molecular weight is 307 g/mol. The maximum Gasteiger partial charge on any atom is 0.244 e. The molecule has 6 heteroatoms. The van der Waals surface area contributed by atoms with Gasteiger partial charge in [0.05, 0.1) is 19.7 Å². The van der Waals surface area contributed by atoms with Gasteiger partial charge in [0.15, 0.2) is 0 Å². The van der Waals surface area contributed by atoms with Crippen LogP contribution in [-0.2, 0) is 11.2 Å². The monoisotopic (exact) mass is 306 g/mol. The van der Waals surface area contributed by atoms with Crippen LogP contribution in [-0.4, -0.2) is 19.2 Å². The van der Waals surface area contributed by atoms with Crippen LogP contribution >= 0.6 is 11.6 Å². The quantitative estimate of drug-likeness (QED) is 0.682. The number of carbonyl (C=O) groups excluding carboxylic acids is 1. The summed E-state index contributed by atoms with van der Waals surface area (Å²) in [6.07, 6.45) is 1.56. The number of aryl methyl sites for hydroxylation is 1. The number of hydrogen-bond acceptors (Lipinski definition) is 4. The second kappa shape index (κ2) is 6.95.